The standard InChI is InChI=1S/C13H13N/c1-2-12(10-11-14)8-9-13-6-4-3-5-7-13/h2-11,14H,1H2/b9-8+,12-10+,14-11?. The minimum Gasteiger partial charge on any atom is -0.309 e. The van der Waals surface area contributed by atoms with Crippen LogP contribution in [0.2, 0.25) is 0 Å². The predicted molar refractivity (Wildman–Crippen MR) is 62.5 cm³/mol. The Kier molecular flexibility index (Phi) is 4.15. The fourth-order valence-electron chi connectivity index (χ4n) is 1.04. The first kappa shape index (κ1) is 10.2. The summed E-state index contributed by atoms with van der Waals surface area (Å²) in [5, 5.41) is 6.94. The third-order valence-electron chi connectivity index (χ3n) is 1.78. The molecule has 0 saturated carbocycles. The van der Waals surface area contributed by atoms with E-state index in [0.29, 0.717) is 0 Å². The smallest absolute Gasteiger partial charge is 0.0183 e. The largest absolute Gasteiger partial charge is 0.309 e. The molecule has 70 valence electrons. The van der Waals surface area contributed by atoms with Gasteiger partial charge in [-0.25, -0.2) is 0 Å². The van der Waals surface area contributed by atoms with Gasteiger partial charge in [-0.2, -0.15) is 0 Å². The molecule has 0 amide bonds. The lowest BCUT2D eigenvalue weighted by Crippen LogP contribution is -1.73. The zero-order valence-corrected chi connectivity index (χ0v) is 7.98. The third kappa shape index (κ3) is 3.23. The number of hydrogen-bond donors (Lipinski definition) is 1. The van der Waals surface area contributed by atoms with Crippen LogP contribution in [0.3, 0.4) is 0 Å². The summed E-state index contributed by atoms with van der Waals surface area (Å²) in [7, 11) is 0. The first-order valence-electron chi connectivity index (χ1n) is 4.43. The second kappa shape index (κ2) is 5.70. The van der Waals surface area contributed by atoms with Crippen LogP contribution in [-0.4, -0.2) is 6.21 Å². The molecule has 1 nitrogen and oxygen atoms in total. The lowest BCUT2D eigenvalue weighted by molar-refractivity contribution is 1.57. The molecule has 0 heterocycles. The minimum atomic E-state index is 0.934. The maximum atomic E-state index is 6.94. The molecule has 0 aliphatic rings. The summed E-state index contributed by atoms with van der Waals surface area (Å²) in [5.41, 5.74) is 2.08. The van der Waals surface area contributed by atoms with Gasteiger partial charge in [-0.15, -0.1) is 0 Å². The highest BCUT2D eigenvalue weighted by atomic mass is 14.3. The van der Waals surface area contributed by atoms with E-state index < -0.39 is 0 Å². The van der Waals surface area contributed by atoms with Crippen molar-refractivity contribution in [3.63, 3.8) is 0 Å². The zero-order chi connectivity index (χ0) is 10.2. The highest BCUT2D eigenvalue weighted by molar-refractivity contribution is 5.72. The third-order valence-corrected chi connectivity index (χ3v) is 1.78. The topological polar surface area (TPSA) is 23.9 Å². The van der Waals surface area contributed by atoms with Gasteiger partial charge in [0.1, 0.15) is 0 Å². The van der Waals surface area contributed by atoms with Crippen molar-refractivity contribution in [3.05, 3.63) is 66.3 Å². The van der Waals surface area contributed by atoms with Crippen LogP contribution in [0.25, 0.3) is 6.08 Å². The van der Waals surface area contributed by atoms with E-state index in [2.05, 4.69) is 6.58 Å². The lowest BCUT2D eigenvalue weighted by atomic mass is 10.1. The van der Waals surface area contributed by atoms with Crippen LogP contribution in [0.5, 0.6) is 0 Å². The molecule has 1 aromatic rings. The van der Waals surface area contributed by atoms with Gasteiger partial charge in [-0.05, 0) is 17.2 Å². The number of allylic oxidation sites excluding steroid dienone is 4. The van der Waals surface area contributed by atoms with Crippen LogP contribution < -0.4 is 0 Å². The van der Waals surface area contributed by atoms with E-state index in [1.165, 1.54) is 6.21 Å². The van der Waals surface area contributed by atoms with Crippen LogP contribution in [-0.2, 0) is 0 Å². The Morgan fingerprint density at radius 2 is 1.93 bits per heavy atom. The molecule has 0 aliphatic carbocycles. The molecule has 1 N–H and O–H groups in total. The Bertz CT molecular complexity index is 358. The Balaban J connectivity index is 2.77. The Morgan fingerprint density at radius 1 is 1.21 bits per heavy atom. The van der Waals surface area contributed by atoms with Crippen LogP contribution in [0.1, 0.15) is 5.56 Å². The van der Waals surface area contributed by atoms with Gasteiger partial charge in [0.2, 0.25) is 0 Å². The average Bonchev–Trinajstić information content (AvgIpc) is 2.25. The van der Waals surface area contributed by atoms with Crippen molar-refractivity contribution in [2.45, 2.75) is 0 Å². The molecule has 1 aromatic carbocycles. The summed E-state index contributed by atoms with van der Waals surface area (Å²) < 4.78 is 0. The van der Waals surface area contributed by atoms with Gasteiger partial charge in [-0.3, -0.25) is 0 Å². The number of hydrogen-bond acceptors (Lipinski definition) is 1. The quantitative estimate of drug-likeness (QED) is 0.546. The fraction of sp³-hybridized carbons (Fsp3) is 0. The number of nitrogens with one attached hydrogen (secondary N) is 1. The molecule has 0 spiro atoms. The normalized spacial score (nSPS) is 11.6. The Morgan fingerprint density at radius 3 is 2.50 bits per heavy atom. The fourth-order valence-corrected chi connectivity index (χ4v) is 1.04. The molecule has 0 aliphatic heterocycles. The van der Waals surface area contributed by atoms with E-state index in [1.54, 1.807) is 12.2 Å². The van der Waals surface area contributed by atoms with Crippen molar-refractivity contribution in [2.75, 3.05) is 0 Å². The van der Waals surface area contributed by atoms with Crippen LogP contribution in [0, 0.1) is 5.41 Å². The maximum absolute atomic E-state index is 6.94. The molecule has 0 atom stereocenters. The average molecular weight is 183 g/mol. The Labute approximate surface area is 84.6 Å². The van der Waals surface area contributed by atoms with Crippen molar-refractivity contribution in [1.29, 1.82) is 5.41 Å². The molecule has 0 saturated heterocycles. The van der Waals surface area contributed by atoms with Gasteiger partial charge in [-0.1, -0.05) is 55.1 Å². The summed E-state index contributed by atoms with van der Waals surface area (Å²) in [6.07, 6.45) is 8.62. The molecule has 1 rings (SSSR count). The molecule has 0 fully saturated rings. The van der Waals surface area contributed by atoms with E-state index in [0.717, 1.165) is 11.1 Å². The van der Waals surface area contributed by atoms with E-state index in [9.17, 15) is 0 Å². The van der Waals surface area contributed by atoms with Crippen LogP contribution in [0.15, 0.2) is 60.7 Å². The van der Waals surface area contributed by atoms with Crippen LogP contribution in [0.4, 0.5) is 0 Å². The van der Waals surface area contributed by atoms with Gasteiger partial charge >= 0.3 is 0 Å². The van der Waals surface area contributed by atoms with Crippen LogP contribution >= 0.6 is 0 Å². The number of benzene rings is 1. The molecule has 1 heteroatoms. The van der Waals surface area contributed by atoms with E-state index in [-0.39, 0.29) is 0 Å². The highest BCUT2D eigenvalue weighted by Gasteiger charge is 1.84. The van der Waals surface area contributed by atoms with E-state index >= 15 is 0 Å². The van der Waals surface area contributed by atoms with Gasteiger partial charge in [0.05, 0.1) is 0 Å². The van der Waals surface area contributed by atoms with E-state index in [4.69, 9.17) is 5.41 Å². The molecule has 0 aromatic heterocycles. The zero-order valence-electron chi connectivity index (χ0n) is 7.98. The van der Waals surface area contributed by atoms with E-state index in [1.807, 2.05) is 42.5 Å². The van der Waals surface area contributed by atoms with Gasteiger partial charge in [0.25, 0.3) is 0 Å². The first-order chi connectivity index (χ1) is 6.86. The van der Waals surface area contributed by atoms with Crippen molar-refractivity contribution in [1.82, 2.24) is 0 Å². The van der Waals surface area contributed by atoms with Gasteiger partial charge < -0.3 is 5.41 Å². The highest BCUT2D eigenvalue weighted by Crippen LogP contribution is 2.05. The summed E-state index contributed by atoms with van der Waals surface area (Å²) in [4.78, 5) is 0. The summed E-state index contributed by atoms with van der Waals surface area (Å²) >= 11 is 0. The second-order valence-electron chi connectivity index (χ2n) is 2.78. The monoisotopic (exact) mass is 183 g/mol. The van der Waals surface area contributed by atoms with Gasteiger partial charge in [0, 0.05) is 6.21 Å². The van der Waals surface area contributed by atoms with Crippen molar-refractivity contribution < 1.29 is 0 Å². The first-order valence-corrected chi connectivity index (χ1v) is 4.43. The second-order valence-corrected chi connectivity index (χ2v) is 2.78. The molecule has 14 heavy (non-hydrogen) atoms. The number of rotatable bonds is 4. The summed E-state index contributed by atoms with van der Waals surface area (Å²) in [6, 6.07) is 10.0. The maximum Gasteiger partial charge on any atom is 0.0183 e. The van der Waals surface area contributed by atoms with Crippen molar-refractivity contribution in [2.24, 2.45) is 0 Å². The molecular formula is C13H13N. The summed E-state index contributed by atoms with van der Waals surface area (Å²) in [6.45, 7) is 3.67. The van der Waals surface area contributed by atoms with Crippen molar-refractivity contribution in [3.8, 4) is 0 Å². The van der Waals surface area contributed by atoms with Gasteiger partial charge in [0.15, 0.2) is 0 Å². The molecule has 0 bridgehead atoms. The minimum absolute atomic E-state index is 0.934. The lowest BCUT2D eigenvalue weighted by Gasteiger charge is -1.92. The van der Waals surface area contributed by atoms with Crippen molar-refractivity contribution >= 4 is 12.3 Å². The SMILES string of the molecule is C=CC(/C=C/c1ccccc1)=C\C=N. The molecular weight excluding hydrogens is 170 g/mol. The molecule has 0 radical (unpaired) electrons. The molecule has 0 unspecified atom stereocenters. The summed E-state index contributed by atoms with van der Waals surface area (Å²) in [5.74, 6) is 0. The Hall–Kier alpha value is -1.89. The predicted octanol–water partition coefficient (Wildman–Crippen LogP) is 3.46.